The van der Waals surface area contributed by atoms with E-state index in [0.29, 0.717) is 13.0 Å². The SMILES string of the molecule is C=C1CC2=C(/C=C\CC)CCCN2CCCC(CN/C=C\N=CC)C1=O. The average Bonchev–Trinajstić information content (AvgIpc) is 2.70. The number of hydrogen-bond donors (Lipinski definition) is 1. The Bertz CT molecular complexity index is 613. The molecule has 0 aromatic rings. The van der Waals surface area contributed by atoms with Crippen LogP contribution in [0.3, 0.4) is 0 Å². The summed E-state index contributed by atoms with van der Waals surface area (Å²) >= 11 is 0. The van der Waals surface area contributed by atoms with Crippen molar-refractivity contribution in [1.29, 1.82) is 0 Å². The first kappa shape index (κ1) is 20.2. The van der Waals surface area contributed by atoms with E-state index in [-0.39, 0.29) is 11.7 Å². The van der Waals surface area contributed by atoms with Crippen LogP contribution in [0.4, 0.5) is 0 Å². The average molecular weight is 356 g/mol. The van der Waals surface area contributed by atoms with Crippen LogP contribution in [-0.4, -0.2) is 36.5 Å². The second kappa shape index (κ2) is 10.8. The molecule has 4 heteroatoms. The Labute approximate surface area is 158 Å². The fourth-order valence-electron chi connectivity index (χ4n) is 3.68. The molecule has 2 aliphatic heterocycles. The second-order valence-corrected chi connectivity index (χ2v) is 6.99. The molecular weight excluding hydrogens is 322 g/mol. The zero-order chi connectivity index (χ0) is 18.8. The maximum Gasteiger partial charge on any atom is 0.163 e. The van der Waals surface area contributed by atoms with E-state index >= 15 is 0 Å². The molecule has 0 bridgehead atoms. The first-order chi connectivity index (χ1) is 12.7. The van der Waals surface area contributed by atoms with Crippen LogP contribution < -0.4 is 5.32 Å². The number of hydrogen-bond acceptors (Lipinski definition) is 4. The number of allylic oxidation sites excluding steroid dienone is 4. The number of carbonyl (C=O) groups is 1. The van der Waals surface area contributed by atoms with E-state index in [1.807, 2.05) is 13.1 Å². The Morgan fingerprint density at radius 2 is 2.15 bits per heavy atom. The lowest BCUT2D eigenvalue weighted by Crippen LogP contribution is -2.29. The number of aliphatic imine (C=N–C) groups is 1. The summed E-state index contributed by atoms with van der Waals surface area (Å²) in [6.07, 6.45) is 15.7. The summed E-state index contributed by atoms with van der Waals surface area (Å²) in [5, 5.41) is 3.22. The van der Waals surface area contributed by atoms with Crippen molar-refractivity contribution >= 4 is 12.0 Å². The molecule has 0 saturated carbocycles. The summed E-state index contributed by atoms with van der Waals surface area (Å²) in [5.74, 6) is 0.206. The van der Waals surface area contributed by atoms with Crippen LogP contribution in [-0.2, 0) is 4.79 Å². The molecule has 0 spiro atoms. The number of rotatable bonds is 6. The summed E-state index contributed by atoms with van der Waals surface area (Å²) in [7, 11) is 0. The maximum atomic E-state index is 12.9. The highest BCUT2D eigenvalue weighted by Gasteiger charge is 2.27. The Kier molecular flexibility index (Phi) is 8.39. The molecule has 142 valence electrons. The minimum atomic E-state index is -0.00524. The van der Waals surface area contributed by atoms with Crippen molar-refractivity contribution in [2.45, 2.75) is 52.4 Å². The van der Waals surface area contributed by atoms with E-state index in [0.717, 1.165) is 44.3 Å². The minimum Gasteiger partial charge on any atom is -0.389 e. The van der Waals surface area contributed by atoms with E-state index in [4.69, 9.17) is 0 Å². The highest BCUT2D eigenvalue weighted by molar-refractivity contribution is 5.97. The largest absolute Gasteiger partial charge is 0.389 e. The molecule has 0 aliphatic carbocycles. The van der Waals surface area contributed by atoms with Gasteiger partial charge in [0.15, 0.2) is 5.78 Å². The molecule has 1 atom stereocenters. The molecule has 0 aromatic heterocycles. The number of fused-ring (bicyclic) bond motifs is 1. The lowest BCUT2D eigenvalue weighted by atomic mass is 9.91. The van der Waals surface area contributed by atoms with Gasteiger partial charge in [-0.25, -0.2) is 0 Å². The van der Waals surface area contributed by atoms with Crippen molar-refractivity contribution < 1.29 is 4.79 Å². The van der Waals surface area contributed by atoms with Gasteiger partial charge in [0.05, 0.1) is 0 Å². The lowest BCUT2D eigenvalue weighted by Gasteiger charge is -2.33. The summed E-state index contributed by atoms with van der Waals surface area (Å²) in [6.45, 7) is 11.0. The molecule has 2 aliphatic rings. The molecule has 1 fully saturated rings. The number of ketones is 1. The zero-order valence-electron chi connectivity index (χ0n) is 16.3. The Balaban J connectivity index is 2.12. The fourth-order valence-corrected chi connectivity index (χ4v) is 3.68. The van der Waals surface area contributed by atoms with Crippen molar-refractivity contribution in [3.8, 4) is 0 Å². The molecule has 2 heterocycles. The molecular formula is C22H33N3O. The minimum absolute atomic E-state index is 0.00524. The molecule has 1 saturated heterocycles. The molecule has 4 nitrogen and oxygen atoms in total. The number of nitrogens with one attached hydrogen (secondary N) is 1. The van der Waals surface area contributed by atoms with Gasteiger partial charge >= 0.3 is 0 Å². The van der Waals surface area contributed by atoms with Gasteiger partial charge in [0.25, 0.3) is 0 Å². The maximum absolute atomic E-state index is 12.9. The van der Waals surface area contributed by atoms with Gasteiger partial charge in [0.1, 0.15) is 0 Å². The molecule has 2 rings (SSSR count). The van der Waals surface area contributed by atoms with Gasteiger partial charge in [-0.1, -0.05) is 25.7 Å². The topological polar surface area (TPSA) is 44.7 Å². The predicted octanol–water partition coefficient (Wildman–Crippen LogP) is 4.38. The second-order valence-electron chi connectivity index (χ2n) is 6.99. The van der Waals surface area contributed by atoms with Gasteiger partial charge in [-0.2, -0.15) is 0 Å². The van der Waals surface area contributed by atoms with Crippen LogP contribution in [0.2, 0.25) is 0 Å². The van der Waals surface area contributed by atoms with E-state index in [2.05, 4.69) is 40.9 Å². The summed E-state index contributed by atoms with van der Waals surface area (Å²) in [6, 6.07) is 0. The van der Waals surface area contributed by atoms with Crippen LogP contribution in [0, 0.1) is 5.92 Å². The van der Waals surface area contributed by atoms with E-state index < -0.39 is 0 Å². The monoisotopic (exact) mass is 355 g/mol. The van der Waals surface area contributed by atoms with E-state index in [1.54, 1.807) is 12.4 Å². The van der Waals surface area contributed by atoms with Crippen LogP contribution in [0.25, 0.3) is 0 Å². The zero-order valence-corrected chi connectivity index (χ0v) is 16.3. The normalized spacial score (nSPS) is 22.8. The van der Waals surface area contributed by atoms with E-state index in [1.165, 1.54) is 17.7 Å². The molecule has 26 heavy (non-hydrogen) atoms. The first-order valence-electron chi connectivity index (χ1n) is 9.89. The molecule has 0 amide bonds. The van der Waals surface area contributed by atoms with Gasteiger partial charge in [-0.05, 0) is 50.2 Å². The van der Waals surface area contributed by atoms with Crippen molar-refractivity contribution in [2.75, 3.05) is 19.6 Å². The smallest absolute Gasteiger partial charge is 0.163 e. The van der Waals surface area contributed by atoms with Crippen LogP contribution in [0.5, 0.6) is 0 Å². The third kappa shape index (κ3) is 5.72. The molecule has 0 aromatic carbocycles. The number of nitrogens with zero attached hydrogens (tertiary/aromatic N) is 2. The van der Waals surface area contributed by atoms with Gasteiger partial charge in [0.2, 0.25) is 0 Å². The highest BCUT2D eigenvalue weighted by atomic mass is 16.1. The summed E-state index contributed by atoms with van der Waals surface area (Å²) < 4.78 is 0. The van der Waals surface area contributed by atoms with Crippen molar-refractivity contribution in [2.24, 2.45) is 10.9 Å². The van der Waals surface area contributed by atoms with Gasteiger partial charge in [-0.3, -0.25) is 9.79 Å². The summed E-state index contributed by atoms with van der Waals surface area (Å²) in [5.41, 5.74) is 3.47. The molecule has 1 N–H and O–H groups in total. The Hall–Kier alpha value is -2.10. The molecule has 1 unspecified atom stereocenters. The third-order valence-electron chi connectivity index (χ3n) is 5.05. The van der Waals surface area contributed by atoms with Crippen molar-refractivity contribution in [1.82, 2.24) is 10.2 Å². The lowest BCUT2D eigenvalue weighted by molar-refractivity contribution is -0.119. The summed E-state index contributed by atoms with van der Waals surface area (Å²) in [4.78, 5) is 19.4. The fraction of sp³-hybridized carbons (Fsp3) is 0.545. The van der Waals surface area contributed by atoms with Gasteiger partial charge in [-0.15, -0.1) is 0 Å². The first-order valence-corrected chi connectivity index (χ1v) is 9.89. The Morgan fingerprint density at radius 1 is 1.35 bits per heavy atom. The predicted molar refractivity (Wildman–Crippen MR) is 110 cm³/mol. The quantitative estimate of drug-likeness (QED) is 0.568. The van der Waals surface area contributed by atoms with Gasteiger partial charge in [0, 0.05) is 56.3 Å². The number of carbonyl (C=O) groups excluding carboxylic acids is 1. The van der Waals surface area contributed by atoms with Crippen LogP contribution in [0.15, 0.2) is 53.0 Å². The standard InChI is InChI=1S/C22H33N3O/c1-4-6-9-19-10-7-14-25-15-8-11-20(17-24-13-12-23-5-2)22(26)18(3)16-21(19)25/h5-6,9,12-13,20,24H,3-4,7-8,10-11,14-17H2,1-2H3/b9-6-,13-12-,23-5?. The molecule has 0 radical (unpaired) electrons. The van der Waals surface area contributed by atoms with Crippen molar-refractivity contribution in [3.05, 3.63) is 48.0 Å². The van der Waals surface area contributed by atoms with Crippen LogP contribution in [0.1, 0.15) is 52.4 Å². The third-order valence-corrected chi connectivity index (χ3v) is 5.05. The highest BCUT2D eigenvalue weighted by Crippen LogP contribution is 2.31. The Morgan fingerprint density at radius 3 is 2.92 bits per heavy atom. The van der Waals surface area contributed by atoms with E-state index in [9.17, 15) is 4.79 Å². The number of Topliss-reactive ketones (excluding diaryl/α,β-unsaturated/α-hetero) is 1. The van der Waals surface area contributed by atoms with Gasteiger partial charge < -0.3 is 10.2 Å². The van der Waals surface area contributed by atoms with Crippen LogP contribution >= 0.6 is 0 Å². The van der Waals surface area contributed by atoms with Crippen molar-refractivity contribution in [3.63, 3.8) is 0 Å².